The van der Waals surface area contributed by atoms with Crippen LogP contribution in [-0.4, -0.2) is 35.1 Å². The lowest BCUT2D eigenvalue weighted by atomic mass is 10.2. The predicted molar refractivity (Wildman–Crippen MR) is 92.3 cm³/mol. The molecule has 0 saturated carbocycles. The normalized spacial score (nSPS) is 24.9. The summed E-state index contributed by atoms with van der Waals surface area (Å²) >= 11 is 3.96. The molecular formula is C15H27N3S2. The van der Waals surface area contributed by atoms with E-state index < -0.39 is 0 Å². The summed E-state index contributed by atoms with van der Waals surface area (Å²) in [5.41, 5.74) is 1.19. The molecule has 114 valence electrons. The van der Waals surface area contributed by atoms with E-state index in [0.29, 0.717) is 16.5 Å². The van der Waals surface area contributed by atoms with Crippen molar-refractivity contribution in [2.45, 2.75) is 57.6 Å². The lowest BCUT2D eigenvalue weighted by molar-refractivity contribution is 0.575. The number of rotatable bonds is 5. The van der Waals surface area contributed by atoms with Gasteiger partial charge in [-0.3, -0.25) is 0 Å². The zero-order valence-corrected chi connectivity index (χ0v) is 14.9. The molecule has 0 aliphatic carbocycles. The van der Waals surface area contributed by atoms with Crippen molar-refractivity contribution < 1.29 is 0 Å². The average Bonchev–Trinajstić information content (AvgIpc) is 2.77. The maximum atomic E-state index is 4.83. The van der Waals surface area contributed by atoms with Gasteiger partial charge in [0.2, 0.25) is 0 Å². The fraction of sp³-hybridized carbons (Fsp3) is 0.800. The number of anilines is 1. The molecule has 0 aromatic carbocycles. The van der Waals surface area contributed by atoms with Crippen LogP contribution in [0, 0.1) is 6.92 Å². The van der Waals surface area contributed by atoms with Gasteiger partial charge in [-0.1, -0.05) is 20.8 Å². The van der Waals surface area contributed by atoms with Crippen LogP contribution in [0.2, 0.25) is 0 Å². The number of aromatic nitrogens is 1. The average molecular weight is 314 g/mol. The Labute approximate surface area is 131 Å². The first kappa shape index (κ1) is 16.1. The van der Waals surface area contributed by atoms with Gasteiger partial charge in [0.05, 0.1) is 5.69 Å². The molecule has 2 rings (SSSR count). The molecule has 0 radical (unpaired) electrons. The largest absolute Gasteiger partial charge is 0.346 e. The maximum Gasteiger partial charge on any atom is 0.185 e. The second-order valence-electron chi connectivity index (χ2n) is 5.78. The highest BCUT2D eigenvalue weighted by Crippen LogP contribution is 2.34. The second-order valence-corrected chi connectivity index (χ2v) is 8.67. The van der Waals surface area contributed by atoms with Gasteiger partial charge in [-0.15, -0.1) is 11.3 Å². The SMILES string of the molecule is CCCNC(C)c1sc(N2CC(C)SC(C)C2)nc1C. The van der Waals surface area contributed by atoms with Crippen molar-refractivity contribution in [2.75, 3.05) is 24.5 Å². The molecule has 1 aromatic rings. The fourth-order valence-electron chi connectivity index (χ4n) is 2.72. The van der Waals surface area contributed by atoms with Crippen molar-refractivity contribution in [3.63, 3.8) is 0 Å². The topological polar surface area (TPSA) is 28.2 Å². The molecule has 3 atom stereocenters. The van der Waals surface area contributed by atoms with Crippen LogP contribution in [0.4, 0.5) is 5.13 Å². The Kier molecular flexibility index (Phi) is 5.75. The van der Waals surface area contributed by atoms with E-state index in [1.807, 2.05) is 11.3 Å². The number of nitrogens with zero attached hydrogens (tertiary/aromatic N) is 2. The highest BCUT2D eigenvalue weighted by Gasteiger charge is 2.25. The molecule has 1 N–H and O–H groups in total. The molecule has 1 aromatic heterocycles. The van der Waals surface area contributed by atoms with Gasteiger partial charge >= 0.3 is 0 Å². The van der Waals surface area contributed by atoms with Gasteiger partial charge in [0.25, 0.3) is 0 Å². The summed E-state index contributed by atoms with van der Waals surface area (Å²) in [7, 11) is 0. The minimum Gasteiger partial charge on any atom is -0.346 e. The van der Waals surface area contributed by atoms with Crippen molar-refractivity contribution in [1.29, 1.82) is 0 Å². The Hall–Kier alpha value is -0.260. The summed E-state index contributed by atoms with van der Waals surface area (Å²) in [6, 6.07) is 0.412. The first-order valence-corrected chi connectivity index (χ1v) is 9.38. The summed E-state index contributed by atoms with van der Waals surface area (Å²) < 4.78 is 0. The number of thiazole rings is 1. The van der Waals surface area contributed by atoms with Crippen molar-refractivity contribution in [1.82, 2.24) is 10.3 Å². The number of aryl methyl sites for hydroxylation is 1. The van der Waals surface area contributed by atoms with Gasteiger partial charge in [0.15, 0.2) is 5.13 Å². The van der Waals surface area contributed by atoms with E-state index in [1.54, 1.807) is 0 Å². The number of hydrogen-bond donors (Lipinski definition) is 1. The van der Waals surface area contributed by atoms with Crippen LogP contribution in [0.5, 0.6) is 0 Å². The highest BCUT2D eigenvalue weighted by molar-refractivity contribution is 8.00. The van der Waals surface area contributed by atoms with Gasteiger partial charge in [0.1, 0.15) is 0 Å². The van der Waals surface area contributed by atoms with Gasteiger partial charge in [0, 0.05) is 34.5 Å². The molecule has 1 aliphatic rings. The summed E-state index contributed by atoms with van der Waals surface area (Å²) in [4.78, 5) is 8.69. The number of hydrogen-bond acceptors (Lipinski definition) is 5. The zero-order valence-electron chi connectivity index (χ0n) is 13.3. The van der Waals surface area contributed by atoms with Crippen LogP contribution in [0.15, 0.2) is 0 Å². The molecule has 3 nitrogen and oxygen atoms in total. The van der Waals surface area contributed by atoms with Crippen LogP contribution in [0.3, 0.4) is 0 Å². The first-order chi connectivity index (χ1) is 9.51. The van der Waals surface area contributed by atoms with E-state index in [-0.39, 0.29) is 0 Å². The molecule has 1 saturated heterocycles. The van der Waals surface area contributed by atoms with E-state index >= 15 is 0 Å². The van der Waals surface area contributed by atoms with Crippen molar-refractivity contribution in [3.8, 4) is 0 Å². The predicted octanol–water partition coefficient (Wildman–Crippen LogP) is 3.84. The second kappa shape index (κ2) is 7.14. The Morgan fingerprint density at radius 2 is 2.00 bits per heavy atom. The molecule has 20 heavy (non-hydrogen) atoms. The molecule has 2 heterocycles. The van der Waals surface area contributed by atoms with Crippen molar-refractivity contribution >= 4 is 28.2 Å². The molecule has 1 fully saturated rings. The standard InChI is InChI=1S/C15H27N3S2/c1-6-7-16-12(4)14-13(5)17-15(20-14)18-8-10(2)19-11(3)9-18/h10-12,16H,6-9H2,1-5H3. The Morgan fingerprint density at radius 1 is 1.35 bits per heavy atom. The molecule has 0 amide bonds. The van der Waals surface area contributed by atoms with E-state index in [9.17, 15) is 0 Å². The lowest BCUT2D eigenvalue weighted by Crippen LogP contribution is -2.40. The smallest absolute Gasteiger partial charge is 0.185 e. The first-order valence-electron chi connectivity index (χ1n) is 7.62. The monoisotopic (exact) mass is 313 g/mol. The Bertz CT molecular complexity index is 423. The van der Waals surface area contributed by atoms with Crippen LogP contribution >= 0.6 is 23.1 Å². The van der Waals surface area contributed by atoms with Gasteiger partial charge in [-0.2, -0.15) is 11.8 Å². The third-order valence-electron chi connectivity index (χ3n) is 3.61. The van der Waals surface area contributed by atoms with Crippen molar-refractivity contribution in [3.05, 3.63) is 10.6 Å². The molecule has 3 unspecified atom stereocenters. The van der Waals surface area contributed by atoms with Crippen molar-refractivity contribution in [2.24, 2.45) is 0 Å². The minimum atomic E-state index is 0.412. The van der Waals surface area contributed by atoms with Gasteiger partial charge in [-0.05, 0) is 26.8 Å². The van der Waals surface area contributed by atoms with E-state index in [1.165, 1.54) is 22.1 Å². The van der Waals surface area contributed by atoms with Crippen LogP contribution in [-0.2, 0) is 0 Å². The third-order valence-corrected chi connectivity index (χ3v) is 6.23. The van der Waals surface area contributed by atoms with E-state index in [2.05, 4.69) is 56.6 Å². The zero-order chi connectivity index (χ0) is 14.7. The number of thioether (sulfide) groups is 1. The number of nitrogens with one attached hydrogen (secondary N) is 1. The van der Waals surface area contributed by atoms with E-state index in [0.717, 1.165) is 19.6 Å². The maximum absolute atomic E-state index is 4.83. The third kappa shape index (κ3) is 3.89. The Morgan fingerprint density at radius 3 is 2.60 bits per heavy atom. The van der Waals surface area contributed by atoms with Crippen LogP contribution in [0.1, 0.15) is 50.7 Å². The summed E-state index contributed by atoms with van der Waals surface area (Å²) in [6.45, 7) is 14.6. The molecule has 1 aliphatic heterocycles. The van der Waals surface area contributed by atoms with Crippen LogP contribution < -0.4 is 10.2 Å². The Balaban J connectivity index is 2.10. The highest BCUT2D eigenvalue weighted by atomic mass is 32.2. The molecule has 0 spiro atoms. The summed E-state index contributed by atoms with van der Waals surface area (Å²) in [5.74, 6) is 0. The quantitative estimate of drug-likeness (QED) is 0.894. The summed E-state index contributed by atoms with van der Waals surface area (Å²) in [5, 5.41) is 6.17. The minimum absolute atomic E-state index is 0.412. The lowest BCUT2D eigenvalue weighted by Gasteiger charge is -2.34. The van der Waals surface area contributed by atoms with Gasteiger partial charge in [-0.25, -0.2) is 4.98 Å². The molecule has 5 heteroatoms. The van der Waals surface area contributed by atoms with Gasteiger partial charge < -0.3 is 10.2 Å². The van der Waals surface area contributed by atoms with Crippen LogP contribution in [0.25, 0.3) is 0 Å². The molecular weight excluding hydrogens is 286 g/mol. The molecule has 0 bridgehead atoms. The summed E-state index contributed by atoms with van der Waals surface area (Å²) in [6.07, 6.45) is 1.17. The van der Waals surface area contributed by atoms with E-state index in [4.69, 9.17) is 4.98 Å². The fourth-order valence-corrected chi connectivity index (χ4v) is 5.15.